The van der Waals surface area contributed by atoms with Gasteiger partial charge in [-0.05, 0) is 29.8 Å². The minimum Gasteiger partial charge on any atom is -0.333 e. The fourth-order valence-electron chi connectivity index (χ4n) is 3.04. The van der Waals surface area contributed by atoms with Gasteiger partial charge < -0.3 is 10.6 Å². The number of nitrogens with zero attached hydrogens (tertiary/aromatic N) is 3. The molecular weight excluding hydrogens is 360 g/mol. The molecule has 0 aliphatic heterocycles. The van der Waals surface area contributed by atoms with Gasteiger partial charge in [-0.3, -0.25) is 20.2 Å². The zero-order valence-electron chi connectivity index (χ0n) is 14.8. The minimum absolute atomic E-state index is 0.0172. The van der Waals surface area contributed by atoms with Crippen molar-refractivity contribution >= 4 is 22.7 Å². The highest BCUT2D eigenvalue weighted by Gasteiger charge is 2.22. The van der Waals surface area contributed by atoms with Crippen LogP contribution in [0.5, 0.6) is 0 Å². The lowest BCUT2D eigenvalue weighted by atomic mass is 10.0. The quantitative estimate of drug-likeness (QED) is 0.483. The predicted molar refractivity (Wildman–Crippen MR) is 107 cm³/mol. The summed E-state index contributed by atoms with van der Waals surface area (Å²) in [6, 6.07) is 21.6. The second-order valence-electron chi connectivity index (χ2n) is 6.08. The highest BCUT2D eigenvalue weighted by Crippen LogP contribution is 2.36. The molecule has 0 radical (unpaired) electrons. The van der Waals surface area contributed by atoms with E-state index in [0.29, 0.717) is 11.4 Å². The van der Waals surface area contributed by atoms with Crippen LogP contribution < -0.4 is 10.6 Å². The van der Waals surface area contributed by atoms with Gasteiger partial charge in [-0.1, -0.05) is 30.3 Å². The Morgan fingerprint density at radius 2 is 1.18 bits per heavy atom. The molecule has 8 nitrogen and oxygen atoms in total. The summed E-state index contributed by atoms with van der Waals surface area (Å²) in [7, 11) is 0. The average molecular weight is 378 g/mol. The molecule has 0 fully saturated rings. The monoisotopic (exact) mass is 378 g/mol. The maximum atomic E-state index is 11.0. The van der Waals surface area contributed by atoms with E-state index in [9.17, 15) is 20.2 Å². The van der Waals surface area contributed by atoms with Crippen LogP contribution in [0, 0.1) is 20.2 Å². The Labute approximate surface area is 161 Å². The van der Waals surface area contributed by atoms with E-state index in [-0.39, 0.29) is 24.0 Å². The zero-order chi connectivity index (χ0) is 20.1. The molecule has 0 aliphatic carbocycles. The van der Waals surface area contributed by atoms with Gasteiger partial charge in [-0.2, -0.15) is 0 Å². The van der Waals surface area contributed by atoms with E-state index in [1.807, 2.05) is 35.2 Å². The number of hydrogen-bond acceptors (Lipinski definition) is 6. The van der Waals surface area contributed by atoms with Crippen molar-refractivity contribution in [3.05, 3.63) is 105 Å². The summed E-state index contributed by atoms with van der Waals surface area (Å²) in [6.45, 7) is 0.276. The summed E-state index contributed by atoms with van der Waals surface area (Å²) in [5, 5.41) is 21.9. The van der Waals surface area contributed by atoms with Crippen molar-refractivity contribution in [2.45, 2.75) is 6.04 Å². The van der Waals surface area contributed by atoms with E-state index in [0.717, 1.165) is 5.56 Å². The Kier molecular flexibility index (Phi) is 5.61. The normalized spacial score (nSPS) is 11.6. The first-order valence-electron chi connectivity index (χ1n) is 8.54. The molecular formula is C20H18N4O4. The Morgan fingerprint density at radius 1 is 0.750 bits per heavy atom. The van der Waals surface area contributed by atoms with Crippen molar-refractivity contribution in [2.75, 3.05) is 11.4 Å². The van der Waals surface area contributed by atoms with Crippen LogP contribution >= 0.6 is 0 Å². The van der Waals surface area contributed by atoms with E-state index in [2.05, 4.69) is 0 Å². The van der Waals surface area contributed by atoms with Crippen molar-refractivity contribution < 1.29 is 9.85 Å². The summed E-state index contributed by atoms with van der Waals surface area (Å²) in [4.78, 5) is 22.9. The molecule has 0 bridgehead atoms. The Morgan fingerprint density at radius 3 is 1.54 bits per heavy atom. The van der Waals surface area contributed by atoms with E-state index < -0.39 is 9.85 Å². The van der Waals surface area contributed by atoms with Gasteiger partial charge in [-0.15, -0.1) is 0 Å². The first-order valence-corrected chi connectivity index (χ1v) is 8.54. The van der Waals surface area contributed by atoms with Crippen molar-refractivity contribution in [3.63, 3.8) is 0 Å². The van der Waals surface area contributed by atoms with Crippen LogP contribution in [-0.4, -0.2) is 16.4 Å². The lowest BCUT2D eigenvalue weighted by molar-refractivity contribution is -0.385. The molecule has 1 unspecified atom stereocenters. The van der Waals surface area contributed by atoms with Gasteiger partial charge in [0, 0.05) is 42.2 Å². The number of anilines is 2. The third-order valence-electron chi connectivity index (χ3n) is 4.40. The summed E-state index contributed by atoms with van der Waals surface area (Å²) >= 11 is 0. The van der Waals surface area contributed by atoms with Crippen LogP contribution in [0.2, 0.25) is 0 Å². The lowest BCUT2D eigenvalue weighted by Crippen LogP contribution is -2.30. The number of nitro groups is 2. The molecule has 3 aromatic rings. The smallest absolute Gasteiger partial charge is 0.269 e. The number of rotatable bonds is 7. The fourth-order valence-corrected chi connectivity index (χ4v) is 3.04. The minimum atomic E-state index is -0.461. The topological polar surface area (TPSA) is 116 Å². The van der Waals surface area contributed by atoms with E-state index >= 15 is 0 Å². The molecule has 3 aromatic carbocycles. The van der Waals surface area contributed by atoms with Gasteiger partial charge in [0.15, 0.2) is 0 Å². The lowest BCUT2D eigenvalue weighted by Gasteiger charge is -2.33. The van der Waals surface area contributed by atoms with Crippen molar-refractivity contribution in [1.29, 1.82) is 0 Å². The summed E-state index contributed by atoms with van der Waals surface area (Å²) in [5.41, 5.74) is 8.39. The molecule has 1 atom stereocenters. The van der Waals surface area contributed by atoms with Gasteiger partial charge >= 0.3 is 0 Å². The fraction of sp³-hybridized carbons (Fsp3) is 0.100. The van der Waals surface area contributed by atoms with Gasteiger partial charge in [-0.25, -0.2) is 0 Å². The SMILES string of the molecule is NCC(c1ccccc1)N(c1ccc([N+](=O)[O-])cc1)c1ccc([N+](=O)[O-])cc1. The second kappa shape index (κ2) is 8.28. The Balaban J connectivity index is 2.09. The number of nitrogens with two attached hydrogens (primary N) is 1. The molecule has 0 aliphatic rings. The van der Waals surface area contributed by atoms with E-state index in [4.69, 9.17) is 5.73 Å². The van der Waals surface area contributed by atoms with Crippen LogP contribution in [0.3, 0.4) is 0 Å². The number of nitro benzene ring substituents is 2. The van der Waals surface area contributed by atoms with Crippen LogP contribution in [0.1, 0.15) is 11.6 Å². The first-order chi connectivity index (χ1) is 13.5. The first kappa shape index (κ1) is 19.0. The molecule has 8 heteroatoms. The van der Waals surface area contributed by atoms with Crippen LogP contribution in [0.4, 0.5) is 22.7 Å². The predicted octanol–water partition coefficient (Wildman–Crippen LogP) is 4.34. The zero-order valence-corrected chi connectivity index (χ0v) is 14.8. The largest absolute Gasteiger partial charge is 0.333 e. The third kappa shape index (κ3) is 3.97. The molecule has 142 valence electrons. The molecule has 0 saturated heterocycles. The summed E-state index contributed by atoms with van der Waals surface area (Å²) < 4.78 is 0. The Bertz CT molecular complexity index is 902. The standard InChI is InChI=1S/C20H18N4O4/c21-14-20(15-4-2-1-3-5-15)22(16-6-10-18(11-7-16)23(25)26)17-8-12-19(13-9-17)24(27)28/h1-13,20H,14,21H2. The molecule has 2 N–H and O–H groups in total. The Hall–Kier alpha value is -3.78. The molecule has 0 heterocycles. The molecule has 0 saturated carbocycles. The molecule has 0 aromatic heterocycles. The van der Waals surface area contributed by atoms with E-state index in [1.54, 1.807) is 24.3 Å². The molecule has 0 spiro atoms. The number of benzene rings is 3. The van der Waals surface area contributed by atoms with Crippen molar-refractivity contribution in [1.82, 2.24) is 0 Å². The van der Waals surface area contributed by atoms with E-state index in [1.165, 1.54) is 24.3 Å². The van der Waals surface area contributed by atoms with Gasteiger partial charge in [0.1, 0.15) is 0 Å². The van der Waals surface area contributed by atoms with Crippen LogP contribution in [0.15, 0.2) is 78.9 Å². The van der Waals surface area contributed by atoms with Crippen LogP contribution in [-0.2, 0) is 0 Å². The maximum absolute atomic E-state index is 11.0. The van der Waals surface area contributed by atoms with Crippen molar-refractivity contribution in [3.8, 4) is 0 Å². The van der Waals surface area contributed by atoms with Crippen molar-refractivity contribution in [2.24, 2.45) is 5.73 Å². The maximum Gasteiger partial charge on any atom is 0.269 e. The van der Waals surface area contributed by atoms with Gasteiger partial charge in [0.25, 0.3) is 11.4 Å². The third-order valence-corrected chi connectivity index (χ3v) is 4.40. The number of hydrogen-bond donors (Lipinski definition) is 1. The number of non-ortho nitro benzene ring substituents is 2. The summed E-state index contributed by atoms with van der Waals surface area (Å²) in [6.07, 6.45) is 0. The molecule has 3 rings (SSSR count). The molecule has 28 heavy (non-hydrogen) atoms. The highest BCUT2D eigenvalue weighted by atomic mass is 16.6. The highest BCUT2D eigenvalue weighted by molar-refractivity contribution is 5.67. The second-order valence-corrected chi connectivity index (χ2v) is 6.08. The summed E-state index contributed by atoms with van der Waals surface area (Å²) in [5.74, 6) is 0. The molecule has 0 amide bonds. The van der Waals surface area contributed by atoms with Crippen LogP contribution in [0.25, 0.3) is 0 Å². The van der Waals surface area contributed by atoms with Gasteiger partial charge in [0.2, 0.25) is 0 Å². The van der Waals surface area contributed by atoms with Gasteiger partial charge in [0.05, 0.1) is 15.9 Å². The average Bonchev–Trinajstić information content (AvgIpc) is 2.72.